The number of rotatable bonds is 3. The summed E-state index contributed by atoms with van der Waals surface area (Å²) in [4.78, 5) is 0.367. The van der Waals surface area contributed by atoms with Gasteiger partial charge in [0.2, 0.25) is 10.0 Å². The number of aryl methyl sites for hydroxylation is 1. The van der Waals surface area contributed by atoms with Gasteiger partial charge >= 0.3 is 0 Å². The molecule has 0 bridgehead atoms. The standard InChI is InChI=1S/C23H23NO2S/c1-17-10-12-22(13-11-17)27(25,26)24-15-18(2)21(16-24)14-20-8-5-7-19-6-3-4-9-23(19)20/h3-14,18H,15-16H2,1-2H3/b21-14+. The maximum absolute atomic E-state index is 13.0. The number of fused-ring (bicyclic) bond motifs is 1. The van der Waals surface area contributed by atoms with Crippen LogP contribution in [-0.2, 0) is 10.0 Å². The number of hydrogen-bond donors (Lipinski definition) is 0. The van der Waals surface area contributed by atoms with E-state index in [-0.39, 0.29) is 5.92 Å². The lowest BCUT2D eigenvalue weighted by Crippen LogP contribution is -2.28. The Kier molecular flexibility index (Phi) is 4.62. The largest absolute Gasteiger partial charge is 0.243 e. The first-order valence-electron chi connectivity index (χ1n) is 9.20. The van der Waals surface area contributed by atoms with Gasteiger partial charge < -0.3 is 0 Å². The van der Waals surface area contributed by atoms with Crippen molar-refractivity contribution < 1.29 is 8.42 Å². The highest BCUT2D eigenvalue weighted by Crippen LogP contribution is 2.31. The summed E-state index contributed by atoms with van der Waals surface area (Å²) < 4.78 is 27.6. The molecule has 1 fully saturated rings. The van der Waals surface area contributed by atoms with Crippen molar-refractivity contribution in [2.75, 3.05) is 13.1 Å². The molecule has 3 nitrogen and oxygen atoms in total. The predicted octanol–water partition coefficient (Wildman–Crippen LogP) is 4.87. The topological polar surface area (TPSA) is 37.4 Å². The van der Waals surface area contributed by atoms with E-state index in [0.717, 1.165) is 16.7 Å². The average molecular weight is 378 g/mol. The van der Waals surface area contributed by atoms with Gasteiger partial charge in [0.25, 0.3) is 0 Å². The van der Waals surface area contributed by atoms with Gasteiger partial charge in [0, 0.05) is 13.1 Å². The molecule has 0 saturated carbocycles. The lowest BCUT2D eigenvalue weighted by atomic mass is 9.98. The zero-order valence-electron chi connectivity index (χ0n) is 15.6. The Morgan fingerprint density at radius 2 is 1.67 bits per heavy atom. The van der Waals surface area contributed by atoms with Crippen molar-refractivity contribution in [2.24, 2.45) is 5.92 Å². The Morgan fingerprint density at radius 3 is 2.44 bits per heavy atom. The van der Waals surface area contributed by atoms with Crippen LogP contribution in [0.2, 0.25) is 0 Å². The molecule has 1 aliphatic heterocycles. The van der Waals surface area contributed by atoms with E-state index in [2.05, 4.69) is 43.3 Å². The maximum atomic E-state index is 13.0. The molecule has 0 radical (unpaired) electrons. The summed E-state index contributed by atoms with van der Waals surface area (Å²) in [5.74, 6) is 0.198. The molecular weight excluding hydrogens is 354 g/mol. The van der Waals surface area contributed by atoms with E-state index < -0.39 is 10.0 Å². The minimum atomic E-state index is -3.46. The molecule has 0 aliphatic carbocycles. The highest BCUT2D eigenvalue weighted by Gasteiger charge is 2.33. The molecule has 138 valence electrons. The van der Waals surface area contributed by atoms with Gasteiger partial charge in [-0.05, 0) is 41.3 Å². The molecule has 0 N–H and O–H groups in total. The van der Waals surface area contributed by atoms with E-state index in [1.807, 2.05) is 31.2 Å². The quantitative estimate of drug-likeness (QED) is 0.653. The predicted molar refractivity (Wildman–Crippen MR) is 111 cm³/mol. The lowest BCUT2D eigenvalue weighted by Gasteiger charge is -2.15. The normalized spacial score (nSPS) is 19.8. The fourth-order valence-electron chi connectivity index (χ4n) is 3.65. The van der Waals surface area contributed by atoms with Crippen molar-refractivity contribution in [3.05, 3.63) is 83.4 Å². The number of nitrogens with zero attached hydrogens (tertiary/aromatic N) is 1. The summed E-state index contributed by atoms with van der Waals surface area (Å²) in [5, 5.41) is 2.39. The third kappa shape index (κ3) is 3.43. The van der Waals surface area contributed by atoms with Crippen LogP contribution in [0.5, 0.6) is 0 Å². The number of benzene rings is 3. The van der Waals surface area contributed by atoms with E-state index in [0.29, 0.717) is 18.0 Å². The number of sulfonamides is 1. The zero-order chi connectivity index (χ0) is 19.0. The first-order valence-corrected chi connectivity index (χ1v) is 10.6. The van der Waals surface area contributed by atoms with Gasteiger partial charge in [-0.25, -0.2) is 8.42 Å². The van der Waals surface area contributed by atoms with Crippen LogP contribution in [0.1, 0.15) is 18.1 Å². The van der Waals surface area contributed by atoms with E-state index >= 15 is 0 Å². The van der Waals surface area contributed by atoms with Crippen molar-refractivity contribution in [2.45, 2.75) is 18.7 Å². The third-order valence-corrected chi connectivity index (χ3v) is 7.12. The minimum absolute atomic E-state index is 0.198. The number of hydrogen-bond acceptors (Lipinski definition) is 2. The van der Waals surface area contributed by atoms with E-state index in [1.54, 1.807) is 16.4 Å². The van der Waals surface area contributed by atoms with Gasteiger partial charge in [0.15, 0.2) is 0 Å². The SMILES string of the molecule is Cc1ccc(S(=O)(=O)N2C/C(=C\c3cccc4ccccc34)C(C)C2)cc1. The van der Waals surface area contributed by atoms with Gasteiger partial charge in [-0.3, -0.25) is 0 Å². The summed E-state index contributed by atoms with van der Waals surface area (Å²) >= 11 is 0. The monoisotopic (exact) mass is 377 g/mol. The molecule has 1 atom stereocenters. The molecule has 1 aliphatic rings. The van der Waals surface area contributed by atoms with E-state index in [4.69, 9.17) is 0 Å². The molecule has 1 heterocycles. The fourth-order valence-corrected chi connectivity index (χ4v) is 5.17. The first kappa shape index (κ1) is 18.0. The molecule has 1 unspecified atom stereocenters. The molecule has 3 aromatic rings. The Bertz CT molecular complexity index is 1110. The molecule has 4 heteroatoms. The average Bonchev–Trinajstić information content (AvgIpc) is 3.04. The lowest BCUT2D eigenvalue weighted by molar-refractivity contribution is 0.464. The van der Waals surface area contributed by atoms with Gasteiger partial charge in [-0.2, -0.15) is 4.31 Å². The van der Waals surface area contributed by atoms with Crippen LogP contribution in [-0.4, -0.2) is 25.8 Å². The van der Waals surface area contributed by atoms with Gasteiger partial charge in [0.05, 0.1) is 4.90 Å². The maximum Gasteiger partial charge on any atom is 0.243 e. The Balaban J connectivity index is 1.67. The first-order chi connectivity index (χ1) is 12.9. The Hall–Kier alpha value is -2.43. The van der Waals surface area contributed by atoms with E-state index in [9.17, 15) is 8.42 Å². The van der Waals surface area contributed by atoms with Crippen LogP contribution < -0.4 is 0 Å². The fraction of sp³-hybridized carbons (Fsp3) is 0.217. The molecule has 27 heavy (non-hydrogen) atoms. The molecule has 1 saturated heterocycles. The van der Waals surface area contributed by atoms with Crippen LogP contribution in [0.4, 0.5) is 0 Å². The smallest absolute Gasteiger partial charge is 0.207 e. The zero-order valence-corrected chi connectivity index (χ0v) is 16.4. The van der Waals surface area contributed by atoms with Crippen LogP contribution >= 0.6 is 0 Å². The molecule has 3 aromatic carbocycles. The molecule has 0 aromatic heterocycles. The van der Waals surface area contributed by atoms with Gasteiger partial charge in [-0.1, -0.05) is 78.7 Å². The summed E-state index contributed by atoms with van der Waals surface area (Å²) in [6, 6.07) is 21.6. The van der Waals surface area contributed by atoms with Crippen molar-refractivity contribution in [1.82, 2.24) is 4.31 Å². The second-order valence-electron chi connectivity index (χ2n) is 7.30. The highest BCUT2D eigenvalue weighted by atomic mass is 32.2. The van der Waals surface area contributed by atoms with Crippen molar-refractivity contribution >= 4 is 26.9 Å². The van der Waals surface area contributed by atoms with Gasteiger partial charge in [0.1, 0.15) is 0 Å². The van der Waals surface area contributed by atoms with Crippen LogP contribution in [0.25, 0.3) is 16.8 Å². The second-order valence-corrected chi connectivity index (χ2v) is 9.24. The van der Waals surface area contributed by atoms with Crippen LogP contribution in [0, 0.1) is 12.8 Å². The molecular formula is C23H23NO2S. The summed E-state index contributed by atoms with van der Waals surface area (Å²) in [7, 11) is -3.46. The minimum Gasteiger partial charge on any atom is -0.207 e. The third-order valence-electron chi connectivity index (χ3n) is 5.29. The van der Waals surface area contributed by atoms with Crippen LogP contribution in [0.3, 0.4) is 0 Å². The summed E-state index contributed by atoms with van der Waals surface area (Å²) in [6.07, 6.45) is 2.16. The van der Waals surface area contributed by atoms with Crippen molar-refractivity contribution in [1.29, 1.82) is 0 Å². The second kappa shape index (κ2) is 6.95. The van der Waals surface area contributed by atoms with Crippen LogP contribution in [0.15, 0.2) is 77.2 Å². The summed E-state index contributed by atoms with van der Waals surface area (Å²) in [5.41, 5.74) is 3.35. The molecule has 0 spiro atoms. The molecule has 0 amide bonds. The highest BCUT2D eigenvalue weighted by molar-refractivity contribution is 7.89. The van der Waals surface area contributed by atoms with Crippen molar-refractivity contribution in [3.8, 4) is 0 Å². The van der Waals surface area contributed by atoms with Crippen molar-refractivity contribution in [3.63, 3.8) is 0 Å². The summed E-state index contributed by atoms with van der Waals surface area (Å²) in [6.45, 7) is 5.02. The van der Waals surface area contributed by atoms with E-state index in [1.165, 1.54) is 10.8 Å². The Morgan fingerprint density at radius 1 is 0.963 bits per heavy atom. The van der Waals surface area contributed by atoms with Gasteiger partial charge in [-0.15, -0.1) is 0 Å². The Labute approximate surface area is 161 Å². The molecule has 4 rings (SSSR count).